The van der Waals surface area contributed by atoms with Gasteiger partial charge in [-0.25, -0.2) is 26.4 Å². The van der Waals surface area contributed by atoms with Crippen LogP contribution in [0.4, 0.5) is 13.2 Å². The van der Waals surface area contributed by atoms with Crippen LogP contribution in [0.5, 0.6) is 0 Å². The molecule has 1 aliphatic heterocycles. The summed E-state index contributed by atoms with van der Waals surface area (Å²) in [6.45, 7) is 1.99. The summed E-state index contributed by atoms with van der Waals surface area (Å²) in [7, 11) is -4.15. The highest BCUT2D eigenvalue weighted by molar-refractivity contribution is 7.89. The highest BCUT2D eigenvalue weighted by Crippen LogP contribution is 2.32. The largest absolute Gasteiger partial charge is 0.461 e. The third-order valence-electron chi connectivity index (χ3n) is 5.64. The van der Waals surface area contributed by atoms with Crippen LogP contribution in [0.2, 0.25) is 0 Å². The fourth-order valence-electron chi connectivity index (χ4n) is 3.96. The molecule has 0 bridgehead atoms. The molecule has 0 spiro atoms. The average Bonchev–Trinajstić information content (AvgIpc) is 3.25. The van der Waals surface area contributed by atoms with E-state index in [1.54, 1.807) is 29.8 Å². The molecule has 0 unspecified atom stereocenters. The summed E-state index contributed by atoms with van der Waals surface area (Å²) in [5.74, 6) is -3.02. The van der Waals surface area contributed by atoms with E-state index in [-0.39, 0.29) is 31.4 Å². The molecule has 3 aromatic rings. The predicted molar refractivity (Wildman–Crippen MR) is 117 cm³/mol. The average molecular weight is 494 g/mol. The highest BCUT2D eigenvalue weighted by Gasteiger charge is 2.33. The van der Waals surface area contributed by atoms with E-state index in [0.29, 0.717) is 30.2 Å². The van der Waals surface area contributed by atoms with Gasteiger partial charge in [-0.2, -0.15) is 9.40 Å². The zero-order valence-electron chi connectivity index (χ0n) is 18.2. The molecule has 2 aromatic carbocycles. The molecule has 0 atom stereocenters. The van der Waals surface area contributed by atoms with E-state index >= 15 is 0 Å². The maximum Gasteiger partial charge on any atom is 0.358 e. The van der Waals surface area contributed by atoms with Crippen LogP contribution in [-0.4, -0.2) is 48.2 Å². The second-order valence-corrected chi connectivity index (χ2v) is 9.70. The Bertz CT molecular complexity index is 1300. The SMILES string of the molecule is CCOC(=O)c1cc(-c2ccc(F)cc2)n(C2CCN(S(=O)(=O)c3ccc(F)cc3F)CC2)n1. The summed E-state index contributed by atoms with van der Waals surface area (Å²) >= 11 is 0. The Labute approximate surface area is 194 Å². The first-order chi connectivity index (χ1) is 16.2. The van der Waals surface area contributed by atoms with Gasteiger partial charge >= 0.3 is 5.97 Å². The molecule has 7 nitrogen and oxygen atoms in total. The van der Waals surface area contributed by atoms with E-state index in [0.717, 1.165) is 16.4 Å². The molecule has 180 valence electrons. The minimum atomic E-state index is -4.15. The summed E-state index contributed by atoms with van der Waals surface area (Å²) in [6.07, 6.45) is 0.667. The number of benzene rings is 2. The molecule has 0 amide bonds. The van der Waals surface area contributed by atoms with Gasteiger partial charge < -0.3 is 4.74 Å². The van der Waals surface area contributed by atoms with Crippen molar-refractivity contribution in [2.24, 2.45) is 0 Å². The van der Waals surface area contributed by atoms with E-state index in [1.165, 1.54) is 12.1 Å². The zero-order chi connectivity index (χ0) is 24.5. The van der Waals surface area contributed by atoms with Crippen LogP contribution < -0.4 is 0 Å². The van der Waals surface area contributed by atoms with Crippen molar-refractivity contribution in [3.05, 3.63) is 71.7 Å². The Kier molecular flexibility index (Phi) is 6.76. The first kappa shape index (κ1) is 24.0. The van der Waals surface area contributed by atoms with Gasteiger partial charge in [-0.3, -0.25) is 4.68 Å². The zero-order valence-corrected chi connectivity index (χ0v) is 19.1. The fourth-order valence-corrected chi connectivity index (χ4v) is 5.48. The molecule has 0 radical (unpaired) electrons. The number of piperidine rings is 1. The summed E-state index contributed by atoms with van der Waals surface area (Å²) in [6, 6.07) is 9.36. The number of carbonyl (C=O) groups is 1. The molecule has 0 N–H and O–H groups in total. The van der Waals surface area contributed by atoms with Crippen molar-refractivity contribution in [1.29, 1.82) is 0 Å². The maximum atomic E-state index is 14.1. The van der Waals surface area contributed by atoms with Crippen molar-refractivity contribution in [3.63, 3.8) is 0 Å². The van der Waals surface area contributed by atoms with Gasteiger partial charge in [-0.15, -0.1) is 0 Å². The number of esters is 1. The lowest BCUT2D eigenvalue weighted by molar-refractivity contribution is 0.0517. The van der Waals surface area contributed by atoms with Gasteiger partial charge in [0.15, 0.2) is 5.69 Å². The van der Waals surface area contributed by atoms with Gasteiger partial charge in [0.1, 0.15) is 22.3 Å². The Balaban J connectivity index is 1.60. The number of nitrogens with zero attached hydrogens (tertiary/aromatic N) is 3. The molecule has 1 fully saturated rings. The Morgan fingerprint density at radius 1 is 1.03 bits per heavy atom. The maximum absolute atomic E-state index is 14.1. The number of carbonyl (C=O) groups excluding carboxylic acids is 1. The number of ether oxygens (including phenoxy) is 1. The smallest absolute Gasteiger partial charge is 0.358 e. The first-order valence-corrected chi connectivity index (χ1v) is 12.1. The van der Waals surface area contributed by atoms with Crippen LogP contribution >= 0.6 is 0 Å². The third kappa shape index (κ3) is 4.71. The van der Waals surface area contributed by atoms with Crippen molar-refractivity contribution >= 4 is 16.0 Å². The van der Waals surface area contributed by atoms with E-state index < -0.39 is 38.3 Å². The normalized spacial score (nSPS) is 15.4. The molecular weight excluding hydrogens is 471 g/mol. The summed E-state index contributed by atoms with van der Waals surface area (Å²) in [4.78, 5) is 11.7. The lowest BCUT2D eigenvalue weighted by Gasteiger charge is -2.32. The van der Waals surface area contributed by atoms with Crippen LogP contribution in [0.1, 0.15) is 36.3 Å². The second-order valence-electron chi connectivity index (χ2n) is 7.80. The molecule has 1 aliphatic rings. The van der Waals surface area contributed by atoms with Crippen LogP contribution in [0.25, 0.3) is 11.3 Å². The minimum absolute atomic E-state index is 0.0707. The molecule has 0 aliphatic carbocycles. The van der Waals surface area contributed by atoms with Gasteiger partial charge in [-0.1, -0.05) is 0 Å². The number of hydrogen-bond acceptors (Lipinski definition) is 5. The number of aromatic nitrogens is 2. The van der Waals surface area contributed by atoms with Crippen molar-refractivity contribution in [2.45, 2.75) is 30.7 Å². The van der Waals surface area contributed by atoms with Gasteiger partial charge in [0.2, 0.25) is 10.0 Å². The standard InChI is InChI=1S/C23H22F3N3O4S/c1-2-33-23(30)20-14-21(15-3-5-16(24)6-4-15)29(27-20)18-9-11-28(12-10-18)34(31,32)22-8-7-17(25)13-19(22)26/h3-8,13-14,18H,2,9-12H2,1H3. The van der Waals surface area contributed by atoms with Gasteiger partial charge in [0.05, 0.1) is 18.3 Å². The predicted octanol–water partition coefficient (Wildman–Crippen LogP) is 4.17. The van der Waals surface area contributed by atoms with E-state index in [2.05, 4.69) is 5.10 Å². The second kappa shape index (κ2) is 9.59. The molecular formula is C23H22F3N3O4S. The van der Waals surface area contributed by atoms with Crippen molar-refractivity contribution in [1.82, 2.24) is 14.1 Å². The monoisotopic (exact) mass is 493 g/mol. The quantitative estimate of drug-likeness (QED) is 0.482. The number of rotatable bonds is 6. The lowest BCUT2D eigenvalue weighted by atomic mass is 10.1. The van der Waals surface area contributed by atoms with Crippen LogP contribution in [0.15, 0.2) is 53.4 Å². The number of halogens is 3. The molecule has 1 saturated heterocycles. The van der Waals surface area contributed by atoms with Crippen LogP contribution in [0, 0.1) is 17.5 Å². The summed E-state index contributed by atoms with van der Waals surface area (Å²) in [5.41, 5.74) is 1.28. The number of hydrogen-bond donors (Lipinski definition) is 0. The Morgan fingerprint density at radius 3 is 2.29 bits per heavy atom. The first-order valence-electron chi connectivity index (χ1n) is 10.7. The Morgan fingerprint density at radius 2 is 1.68 bits per heavy atom. The molecule has 1 aromatic heterocycles. The fraction of sp³-hybridized carbons (Fsp3) is 0.304. The highest BCUT2D eigenvalue weighted by atomic mass is 32.2. The van der Waals surface area contributed by atoms with Gasteiger partial charge in [0, 0.05) is 24.7 Å². The lowest BCUT2D eigenvalue weighted by Crippen LogP contribution is -2.39. The molecule has 0 saturated carbocycles. The molecule has 2 heterocycles. The van der Waals surface area contributed by atoms with Crippen LogP contribution in [-0.2, 0) is 14.8 Å². The van der Waals surface area contributed by atoms with Gasteiger partial charge in [-0.05, 0) is 62.2 Å². The van der Waals surface area contributed by atoms with Gasteiger partial charge in [0.25, 0.3) is 0 Å². The number of sulfonamides is 1. The summed E-state index contributed by atoms with van der Waals surface area (Å²) in [5, 5.41) is 4.40. The van der Waals surface area contributed by atoms with Crippen LogP contribution in [0.3, 0.4) is 0 Å². The van der Waals surface area contributed by atoms with E-state index in [1.807, 2.05) is 0 Å². The van der Waals surface area contributed by atoms with E-state index in [9.17, 15) is 26.4 Å². The third-order valence-corrected chi connectivity index (χ3v) is 7.57. The van der Waals surface area contributed by atoms with Crippen molar-refractivity contribution < 1.29 is 31.1 Å². The Hall–Kier alpha value is -3.18. The van der Waals surface area contributed by atoms with Crippen molar-refractivity contribution in [2.75, 3.05) is 19.7 Å². The topological polar surface area (TPSA) is 81.5 Å². The molecule has 34 heavy (non-hydrogen) atoms. The minimum Gasteiger partial charge on any atom is -0.461 e. The van der Waals surface area contributed by atoms with E-state index in [4.69, 9.17) is 4.74 Å². The molecule has 11 heteroatoms. The summed E-state index contributed by atoms with van der Waals surface area (Å²) < 4.78 is 74.4. The molecule has 4 rings (SSSR count). The van der Waals surface area contributed by atoms with Crippen molar-refractivity contribution in [3.8, 4) is 11.3 Å².